The molecule has 4 heteroatoms. The van der Waals surface area contributed by atoms with Gasteiger partial charge >= 0.3 is 0 Å². The molecular formula is C17H23N3O. The standard InChI is InChI=1S/C17H23N3O/c1-11(2)14-10-15(20-19-14)18-16(21)12-6-8-13(9-7-12)17(3,4)5/h6-11H,1-5H3,(H2,18,19,20,21). The highest BCUT2D eigenvalue weighted by atomic mass is 16.1. The van der Waals surface area contributed by atoms with Crippen molar-refractivity contribution in [3.63, 3.8) is 0 Å². The highest BCUT2D eigenvalue weighted by Crippen LogP contribution is 2.22. The van der Waals surface area contributed by atoms with E-state index in [1.165, 1.54) is 5.56 Å². The van der Waals surface area contributed by atoms with Gasteiger partial charge in [-0.1, -0.05) is 46.8 Å². The van der Waals surface area contributed by atoms with Crippen LogP contribution in [0.4, 0.5) is 5.82 Å². The lowest BCUT2D eigenvalue weighted by Gasteiger charge is -2.18. The van der Waals surface area contributed by atoms with E-state index in [4.69, 9.17) is 0 Å². The largest absolute Gasteiger partial charge is 0.305 e. The van der Waals surface area contributed by atoms with Crippen molar-refractivity contribution < 1.29 is 4.79 Å². The smallest absolute Gasteiger partial charge is 0.256 e. The molecule has 1 heterocycles. The Bertz CT molecular complexity index is 618. The van der Waals surface area contributed by atoms with E-state index in [9.17, 15) is 4.79 Å². The van der Waals surface area contributed by atoms with Gasteiger partial charge in [0.2, 0.25) is 0 Å². The van der Waals surface area contributed by atoms with Crippen molar-refractivity contribution in [1.82, 2.24) is 10.2 Å². The topological polar surface area (TPSA) is 57.8 Å². The van der Waals surface area contributed by atoms with Crippen molar-refractivity contribution in [2.45, 2.75) is 46.0 Å². The first-order valence-electron chi connectivity index (χ1n) is 7.24. The molecule has 0 saturated carbocycles. The lowest BCUT2D eigenvalue weighted by Crippen LogP contribution is -2.14. The molecule has 4 nitrogen and oxygen atoms in total. The molecule has 0 radical (unpaired) electrons. The van der Waals surface area contributed by atoms with E-state index >= 15 is 0 Å². The number of rotatable bonds is 3. The molecule has 112 valence electrons. The predicted molar refractivity (Wildman–Crippen MR) is 85.8 cm³/mol. The number of nitrogens with one attached hydrogen (secondary N) is 2. The number of aromatic nitrogens is 2. The van der Waals surface area contributed by atoms with Gasteiger partial charge in [-0.05, 0) is 29.0 Å². The Kier molecular flexibility index (Phi) is 4.16. The Labute approximate surface area is 126 Å². The molecular weight excluding hydrogens is 262 g/mol. The fourth-order valence-electron chi connectivity index (χ4n) is 2.01. The second kappa shape index (κ2) is 5.72. The van der Waals surface area contributed by atoms with Gasteiger partial charge in [0.05, 0.1) is 0 Å². The van der Waals surface area contributed by atoms with Crippen LogP contribution in [0.3, 0.4) is 0 Å². The lowest BCUT2D eigenvalue weighted by molar-refractivity contribution is 0.102. The molecule has 21 heavy (non-hydrogen) atoms. The highest BCUT2D eigenvalue weighted by Gasteiger charge is 2.15. The molecule has 0 bridgehead atoms. The van der Waals surface area contributed by atoms with Gasteiger partial charge < -0.3 is 5.32 Å². The molecule has 0 unspecified atom stereocenters. The van der Waals surface area contributed by atoms with Gasteiger partial charge in [0.25, 0.3) is 5.91 Å². The molecule has 1 amide bonds. The average molecular weight is 285 g/mol. The summed E-state index contributed by atoms with van der Waals surface area (Å²) in [6.07, 6.45) is 0. The van der Waals surface area contributed by atoms with Gasteiger partial charge in [0.15, 0.2) is 5.82 Å². The molecule has 2 N–H and O–H groups in total. The van der Waals surface area contributed by atoms with Crippen molar-refractivity contribution in [2.75, 3.05) is 5.32 Å². The summed E-state index contributed by atoms with van der Waals surface area (Å²) in [4.78, 5) is 12.2. The highest BCUT2D eigenvalue weighted by molar-refractivity contribution is 6.03. The van der Waals surface area contributed by atoms with Crippen molar-refractivity contribution in [3.8, 4) is 0 Å². The van der Waals surface area contributed by atoms with E-state index in [2.05, 4.69) is 50.1 Å². The number of benzene rings is 1. The first-order chi connectivity index (χ1) is 9.77. The molecule has 0 fully saturated rings. The monoisotopic (exact) mass is 285 g/mol. The van der Waals surface area contributed by atoms with Crippen LogP contribution >= 0.6 is 0 Å². The second-order valence-corrected chi connectivity index (χ2v) is 6.64. The minimum Gasteiger partial charge on any atom is -0.305 e. The van der Waals surface area contributed by atoms with Crippen LogP contribution in [0, 0.1) is 0 Å². The molecule has 0 saturated heterocycles. The summed E-state index contributed by atoms with van der Waals surface area (Å²) in [7, 11) is 0. The van der Waals surface area contributed by atoms with E-state index in [0.29, 0.717) is 17.3 Å². The van der Waals surface area contributed by atoms with Gasteiger partial charge in [0.1, 0.15) is 0 Å². The predicted octanol–water partition coefficient (Wildman–Crippen LogP) is 4.08. The van der Waals surface area contributed by atoms with E-state index < -0.39 is 0 Å². The Morgan fingerprint density at radius 3 is 2.29 bits per heavy atom. The molecule has 0 spiro atoms. The third-order valence-corrected chi connectivity index (χ3v) is 3.47. The lowest BCUT2D eigenvalue weighted by atomic mass is 9.87. The summed E-state index contributed by atoms with van der Waals surface area (Å²) in [6, 6.07) is 9.57. The molecule has 2 rings (SSSR count). The van der Waals surface area contributed by atoms with E-state index in [0.717, 1.165) is 5.69 Å². The van der Waals surface area contributed by atoms with Crippen molar-refractivity contribution in [3.05, 3.63) is 47.2 Å². The number of hydrogen-bond acceptors (Lipinski definition) is 2. The number of carbonyl (C=O) groups excluding carboxylic acids is 1. The molecule has 0 aliphatic rings. The summed E-state index contributed by atoms with van der Waals surface area (Å²) >= 11 is 0. The number of hydrogen-bond donors (Lipinski definition) is 2. The Morgan fingerprint density at radius 1 is 1.19 bits per heavy atom. The third kappa shape index (κ3) is 3.72. The Hall–Kier alpha value is -2.10. The minimum absolute atomic E-state index is 0.0867. The summed E-state index contributed by atoms with van der Waals surface area (Å²) in [6.45, 7) is 10.6. The summed E-state index contributed by atoms with van der Waals surface area (Å²) in [5, 5.41) is 9.84. The van der Waals surface area contributed by atoms with Gasteiger partial charge in [-0.15, -0.1) is 0 Å². The van der Waals surface area contributed by atoms with Crippen molar-refractivity contribution in [1.29, 1.82) is 0 Å². The summed E-state index contributed by atoms with van der Waals surface area (Å²) in [5.41, 5.74) is 2.94. The van der Waals surface area contributed by atoms with Crippen molar-refractivity contribution in [2.24, 2.45) is 0 Å². The molecule has 2 aromatic rings. The number of anilines is 1. The van der Waals surface area contributed by atoms with Gasteiger partial charge in [-0.2, -0.15) is 5.10 Å². The first-order valence-corrected chi connectivity index (χ1v) is 7.24. The van der Waals surface area contributed by atoms with Crippen LogP contribution in [0.1, 0.15) is 62.2 Å². The van der Waals surface area contributed by atoms with E-state index in [1.54, 1.807) is 0 Å². The Morgan fingerprint density at radius 2 is 1.81 bits per heavy atom. The van der Waals surface area contributed by atoms with Gasteiger partial charge in [0, 0.05) is 17.3 Å². The molecule has 0 aliphatic heterocycles. The zero-order valence-corrected chi connectivity index (χ0v) is 13.3. The van der Waals surface area contributed by atoms with Crippen LogP contribution in [0.15, 0.2) is 30.3 Å². The van der Waals surface area contributed by atoms with E-state index in [1.807, 2.05) is 30.3 Å². The maximum Gasteiger partial charge on any atom is 0.256 e. The van der Waals surface area contributed by atoms with Gasteiger partial charge in [-0.3, -0.25) is 9.89 Å². The average Bonchev–Trinajstić information content (AvgIpc) is 2.86. The van der Waals surface area contributed by atoms with Crippen LogP contribution < -0.4 is 5.32 Å². The number of aromatic amines is 1. The second-order valence-electron chi connectivity index (χ2n) is 6.64. The van der Waals surface area contributed by atoms with E-state index in [-0.39, 0.29) is 11.3 Å². The quantitative estimate of drug-likeness (QED) is 0.892. The summed E-state index contributed by atoms with van der Waals surface area (Å²) < 4.78 is 0. The normalized spacial score (nSPS) is 11.7. The van der Waals surface area contributed by atoms with Crippen LogP contribution in [-0.2, 0) is 5.41 Å². The first kappa shape index (κ1) is 15.3. The van der Waals surface area contributed by atoms with Gasteiger partial charge in [-0.25, -0.2) is 0 Å². The molecule has 0 atom stereocenters. The maximum atomic E-state index is 12.2. The number of nitrogens with zero attached hydrogens (tertiary/aromatic N) is 1. The number of H-pyrrole nitrogens is 1. The number of amides is 1. The Balaban J connectivity index is 2.09. The van der Waals surface area contributed by atoms with Crippen molar-refractivity contribution >= 4 is 11.7 Å². The maximum absolute atomic E-state index is 12.2. The third-order valence-electron chi connectivity index (χ3n) is 3.47. The fourth-order valence-corrected chi connectivity index (χ4v) is 2.01. The minimum atomic E-state index is -0.141. The van der Waals surface area contributed by atoms with Crippen LogP contribution in [-0.4, -0.2) is 16.1 Å². The van der Waals surface area contributed by atoms with Crippen LogP contribution in [0.5, 0.6) is 0 Å². The zero-order valence-electron chi connectivity index (χ0n) is 13.3. The zero-order chi connectivity index (χ0) is 15.6. The van der Waals surface area contributed by atoms with Crippen LogP contribution in [0.25, 0.3) is 0 Å². The van der Waals surface area contributed by atoms with Crippen LogP contribution in [0.2, 0.25) is 0 Å². The SMILES string of the molecule is CC(C)c1cc(NC(=O)c2ccc(C(C)(C)C)cc2)n[nH]1. The fraction of sp³-hybridized carbons (Fsp3) is 0.412. The number of carbonyl (C=O) groups is 1. The molecule has 0 aliphatic carbocycles. The molecule has 1 aromatic carbocycles. The summed E-state index contributed by atoms with van der Waals surface area (Å²) in [5.74, 6) is 0.773. The molecule has 1 aromatic heterocycles.